The summed E-state index contributed by atoms with van der Waals surface area (Å²) in [5.74, 6) is -0.549. The third-order valence-corrected chi connectivity index (χ3v) is 1.45. The van der Waals surface area contributed by atoms with Crippen LogP contribution in [0.1, 0.15) is 6.42 Å². The minimum absolute atomic E-state index is 0.236. The van der Waals surface area contributed by atoms with Crippen molar-refractivity contribution in [3.63, 3.8) is 0 Å². The highest BCUT2D eigenvalue weighted by atomic mass is 16.2. The number of carbonyl (C=O) groups excluding carboxylic acids is 2. The van der Waals surface area contributed by atoms with Crippen LogP contribution < -0.4 is 5.32 Å². The summed E-state index contributed by atoms with van der Waals surface area (Å²) in [6.07, 6.45) is 1.92. The zero-order valence-electron chi connectivity index (χ0n) is 6.55. The zero-order chi connectivity index (χ0) is 8.43. The molecule has 1 aliphatic heterocycles. The van der Waals surface area contributed by atoms with E-state index in [4.69, 9.17) is 0 Å². The molecule has 0 aromatic heterocycles. The smallest absolute Gasteiger partial charge is 0.273 e. The van der Waals surface area contributed by atoms with E-state index in [1.807, 2.05) is 0 Å². The molecule has 0 radical (unpaired) electrons. The van der Waals surface area contributed by atoms with Crippen molar-refractivity contribution in [2.24, 2.45) is 0 Å². The maximum Gasteiger partial charge on any atom is 0.273 e. The van der Waals surface area contributed by atoms with Gasteiger partial charge >= 0.3 is 0 Å². The summed E-state index contributed by atoms with van der Waals surface area (Å²) in [7, 11) is 3.53. The van der Waals surface area contributed by atoms with Crippen LogP contribution in [0.2, 0.25) is 0 Å². The fourth-order valence-corrected chi connectivity index (χ4v) is 0.909. The van der Waals surface area contributed by atoms with Gasteiger partial charge in [0, 0.05) is 20.5 Å². The summed E-state index contributed by atoms with van der Waals surface area (Å²) in [5.41, 5.74) is 0.546. The lowest BCUT2D eigenvalue weighted by Gasteiger charge is -2.19. The van der Waals surface area contributed by atoms with Crippen molar-refractivity contribution in [2.45, 2.75) is 6.42 Å². The molecule has 0 atom stereocenters. The van der Waals surface area contributed by atoms with Crippen LogP contribution in [0.3, 0.4) is 0 Å². The topological polar surface area (TPSA) is 49.4 Å². The molecule has 60 valence electrons. The number of hydrogen-bond donors (Lipinski definition) is 1. The molecule has 4 heteroatoms. The number of imide groups is 1. The Hall–Kier alpha value is -1.32. The van der Waals surface area contributed by atoms with Crippen LogP contribution in [0.4, 0.5) is 0 Å². The van der Waals surface area contributed by atoms with E-state index in [0.717, 1.165) is 0 Å². The zero-order valence-corrected chi connectivity index (χ0v) is 6.55. The highest BCUT2D eigenvalue weighted by Gasteiger charge is 2.18. The molecule has 0 unspecified atom stereocenters. The van der Waals surface area contributed by atoms with E-state index in [0.29, 0.717) is 12.1 Å². The number of rotatable bonds is 1. The van der Waals surface area contributed by atoms with Crippen molar-refractivity contribution >= 4 is 11.8 Å². The Morgan fingerprint density at radius 1 is 1.45 bits per heavy atom. The Balaban J connectivity index is 2.81. The van der Waals surface area contributed by atoms with Gasteiger partial charge < -0.3 is 4.90 Å². The quantitative estimate of drug-likeness (QED) is 0.517. The molecule has 0 fully saturated rings. The van der Waals surface area contributed by atoms with Crippen LogP contribution in [0.15, 0.2) is 11.8 Å². The molecule has 0 aromatic rings. The van der Waals surface area contributed by atoms with Gasteiger partial charge in [-0.1, -0.05) is 0 Å². The second-order valence-corrected chi connectivity index (χ2v) is 2.57. The maximum atomic E-state index is 11.0. The molecule has 0 spiro atoms. The van der Waals surface area contributed by atoms with Crippen LogP contribution in [-0.2, 0) is 9.59 Å². The summed E-state index contributed by atoms with van der Waals surface area (Å²) >= 11 is 0. The summed E-state index contributed by atoms with van der Waals surface area (Å²) < 4.78 is 0. The lowest BCUT2D eigenvalue weighted by atomic mass is 10.2. The molecule has 1 rings (SSSR count). The number of nitrogens with zero attached hydrogens (tertiary/aromatic N) is 1. The van der Waals surface area contributed by atoms with Crippen molar-refractivity contribution < 1.29 is 9.59 Å². The summed E-state index contributed by atoms with van der Waals surface area (Å²) in [4.78, 5) is 23.3. The van der Waals surface area contributed by atoms with Crippen molar-refractivity contribution in [1.29, 1.82) is 0 Å². The van der Waals surface area contributed by atoms with Gasteiger partial charge in [-0.2, -0.15) is 0 Å². The first-order valence-electron chi connectivity index (χ1n) is 3.33. The Morgan fingerprint density at radius 3 is 2.55 bits per heavy atom. The Morgan fingerprint density at radius 2 is 2.09 bits per heavy atom. The Bertz CT molecular complexity index is 231. The average Bonchev–Trinajstić information content (AvgIpc) is 1.85. The largest absolute Gasteiger partial charge is 0.373 e. The standard InChI is InChI=1S/C7H10N2O2/c1-9(2)5-3-4-6(10)8-7(5)11/h3H,4H2,1-2H3,(H,8,10,11). The molecule has 11 heavy (non-hydrogen) atoms. The van der Waals surface area contributed by atoms with Crippen LogP contribution in [0.25, 0.3) is 0 Å². The van der Waals surface area contributed by atoms with E-state index in [1.165, 1.54) is 0 Å². The number of likely N-dealkylation sites (N-methyl/N-ethyl adjacent to an activating group) is 1. The van der Waals surface area contributed by atoms with Gasteiger partial charge in [0.1, 0.15) is 0 Å². The van der Waals surface area contributed by atoms with E-state index in [9.17, 15) is 9.59 Å². The van der Waals surface area contributed by atoms with Gasteiger partial charge in [0.25, 0.3) is 5.91 Å². The average molecular weight is 154 g/mol. The van der Waals surface area contributed by atoms with Gasteiger partial charge in [0.15, 0.2) is 0 Å². The van der Waals surface area contributed by atoms with Crippen molar-refractivity contribution in [2.75, 3.05) is 14.1 Å². The molecule has 2 amide bonds. The monoisotopic (exact) mass is 154 g/mol. The number of carbonyl (C=O) groups is 2. The first-order chi connectivity index (χ1) is 5.11. The highest BCUT2D eigenvalue weighted by molar-refractivity contribution is 6.06. The van der Waals surface area contributed by atoms with E-state index in [2.05, 4.69) is 5.32 Å². The van der Waals surface area contributed by atoms with Gasteiger partial charge in [0.05, 0.1) is 5.70 Å². The van der Waals surface area contributed by atoms with E-state index < -0.39 is 0 Å². The van der Waals surface area contributed by atoms with Gasteiger partial charge in [-0.15, -0.1) is 0 Å². The number of amides is 2. The van der Waals surface area contributed by atoms with Gasteiger partial charge in [-0.25, -0.2) is 0 Å². The lowest BCUT2D eigenvalue weighted by molar-refractivity contribution is -0.129. The number of hydrogen-bond acceptors (Lipinski definition) is 3. The molecular formula is C7H10N2O2. The molecule has 0 saturated carbocycles. The maximum absolute atomic E-state index is 11.0. The second kappa shape index (κ2) is 2.74. The predicted molar refractivity (Wildman–Crippen MR) is 39.5 cm³/mol. The first kappa shape index (κ1) is 7.78. The van der Waals surface area contributed by atoms with Crippen LogP contribution >= 0.6 is 0 Å². The lowest BCUT2D eigenvalue weighted by Crippen LogP contribution is -2.38. The summed E-state index contributed by atoms with van der Waals surface area (Å²) in [5, 5.41) is 2.22. The van der Waals surface area contributed by atoms with Gasteiger partial charge in [0.2, 0.25) is 5.91 Å². The molecule has 1 N–H and O–H groups in total. The highest BCUT2D eigenvalue weighted by Crippen LogP contribution is 2.05. The fourth-order valence-electron chi connectivity index (χ4n) is 0.909. The third kappa shape index (κ3) is 1.58. The SMILES string of the molecule is CN(C)C1=CCC(=O)NC1=O. The van der Waals surface area contributed by atoms with Crippen molar-refractivity contribution in [3.8, 4) is 0 Å². The van der Waals surface area contributed by atoms with Crippen LogP contribution in [0, 0.1) is 0 Å². The van der Waals surface area contributed by atoms with Crippen molar-refractivity contribution in [1.82, 2.24) is 10.2 Å². The van der Waals surface area contributed by atoms with E-state index in [-0.39, 0.29) is 11.8 Å². The summed E-state index contributed by atoms with van der Waals surface area (Å²) in [6.45, 7) is 0. The molecule has 0 bridgehead atoms. The Labute approximate surface area is 64.9 Å². The minimum Gasteiger partial charge on any atom is -0.373 e. The molecule has 1 aliphatic rings. The van der Waals surface area contributed by atoms with Gasteiger partial charge in [-0.05, 0) is 6.08 Å². The normalized spacial score (nSPS) is 17.5. The minimum atomic E-state index is -0.314. The van der Waals surface area contributed by atoms with Crippen LogP contribution in [-0.4, -0.2) is 30.8 Å². The molecule has 1 heterocycles. The van der Waals surface area contributed by atoms with Crippen LogP contribution in [0.5, 0.6) is 0 Å². The van der Waals surface area contributed by atoms with Crippen molar-refractivity contribution in [3.05, 3.63) is 11.8 Å². The second-order valence-electron chi connectivity index (χ2n) is 2.57. The van der Waals surface area contributed by atoms with Gasteiger partial charge in [-0.3, -0.25) is 14.9 Å². The first-order valence-corrected chi connectivity index (χ1v) is 3.33. The van der Waals surface area contributed by atoms with E-state index >= 15 is 0 Å². The molecular weight excluding hydrogens is 144 g/mol. The fraction of sp³-hybridized carbons (Fsp3) is 0.429. The molecule has 4 nitrogen and oxygen atoms in total. The molecule has 0 saturated heterocycles. The Kier molecular flexibility index (Phi) is 1.94. The van der Waals surface area contributed by atoms with E-state index in [1.54, 1.807) is 25.1 Å². The molecule has 0 aliphatic carbocycles. The third-order valence-electron chi connectivity index (χ3n) is 1.45. The molecule has 0 aromatic carbocycles. The number of nitrogens with one attached hydrogen (secondary N) is 1. The summed E-state index contributed by atoms with van der Waals surface area (Å²) in [6, 6.07) is 0. The predicted octanol–water partition coefficient (Wildman–Crippen LogP) is -0.522.